The lowest BCUT2D eigenvalue weighted by molar-refractivity contribution is -0.263. The first-order chi connectivity index (χ1) is 15.3. The van der Waals surface area contributed by atoms with Crippen LogP contribution in [0.4, 0.5) is 0 Å². The third kappa shape index (κ3) is 8.17. The number of amides is 2. The van der Waals surface area contributed by atoms with E-state index in [1.54, 1.807) is 0 Å². The molecular formula is C19H33N3O11. The number of carboxylic acids is 2. The minimum absolute atomic E-state index is 0.365. The van der Waals surface area contributed by atoms with Crippen LogP contribution in [0.3, 0.4) is 0 Å². The molecule has 1 fully saturated rings. The first-order valence-corrected chi connectivity index (χ1v) is 10.4. The normalized spacial score (nSPS) is 27.8. The smallest absolute Gasteiger partial charge is 0.326 e. The van der Waals surface area contributed by atoms with Gasteiger partial charge < -0.3 is 51.0 Å². The molecule has 0 aromatic rings. The number of nitrogens with two attached hydrogens (primary N) is 1. The molecule has 190 valence electrons. The predicted octanol–water partition coefficient (Wildman–Crippen LogP) is -3.17. The number of carbonyl (C=O) groups excluding carboxylic acids is 2. The predicted molar refractivity (Wildman–Crippen MR) is 110 cm³/mol. The van der Waals surface area contributed by atoms with Gasteiger partial charge in [0.2, 0.25) is 11.8 Å². The molecule has 8 N–H and O–H groups in total. The average molecular weight is 479 g/mol. The molecule has 8 atom stereocenters. The fourth-order valence-corrected chi connectivity index (χ4v) is 3.52. The topological polar surface area (TPSA) is 229 Å². The molecule has 1 aliphatic rings. The fraction of sp³-hybridized carbons (Fsp3) is 0.789. The second-order valence-electron chi connectivity index (χ2n) is 7.93. The van der Waals surface area contributed by atoms with E-state index < -0.39 is 92.0 Å². The van der Waals surface area contributed by atoms with Gasteiger partial charge in [0.05, 0.1) is 18.8 Å². The van der Waals surface area contributed by atoms with Crippen molar-refractivity contribution >= 4 is 23.8 Å². The van der Waals surface area contributed by atoms with Crippen LogP contribution in [-0.2, 0) is 28.7 Å². The molecular weight excluding hydrogens is 446 g/mol. The lowest BCUT2D eigenvalue weighted by Crippen LogP contribution is -2.64. The second kappa shape index (κ2) is 12.8. The largest absolute Gasteiger partial charge is 0.481 e. The number of carboxylic acid groups (broad SMARTS) is 2. The van der Waals surface area contributed by atoms with Crippen LogP contribution in [0.2, 0.25) is 0 Å². The van der Waals surface area contributed by atoms with E-state index in [9.17, 15) is 39.6 Å². The van der Waals surface area contributed by atoms with Crippen LogP contribution in [0.15, 0.2) is 0 Å². The fourth-order valence-electron chi connectivity index (χ4n) is 3.52. The highest BCUT2D eigenvalue weighted by Gasteiger charge is 2.44. The highest BCUT2D eigenvalue weighted by atomic mass is 16.6. The van der Waals surface area contributed by atoms with Crippen LogP contribution >= 0.6 is 0 Å². The summed E-state index contributed by atoms with van der Waals surface area (Å²) in [4.78, 5) is 48.0. The standard InChI is InChI=1S/C19H33N3O11/c1-8(32-16-14(20)19(31)33-12(7-23)15(16)27)6-22(17(28)9(2)21-10(3)24)11(18(29)30)4-5-13(25)26/h8-9,11-12,14-16,19,23,27,31H,4-7,20H2,1-3H3,(H,21,24)(H,25,26)(H,29,30)/t8?,9-,11+,12+,14+,15+,16+,19-/m0/s1. The quantitative estimate of drug-likeness (QED) is 0.147. The first-order valence-electron chi connectivity index (χ1n) is 10.4. The average Bonchev–Trinajstić information content (AvgIpc) is 2.71. The molecule has 14 heteroatoms. The van der Waals surface area contributed by atoms with Crippen molar-refractivity contribution < 1.29 is 54.2 Å². The van der Waals surface area contributed by atoms with Gasteiger partial charge in [0.25, 0.3) is 0 Å². The zero-order valence-corrected chi connectivity index (χ0v) is 18.7. The molecule has 0 aliphatic carbocycles. The zero-order valence-electron chi connectivity index (χ0n) is 18.7. The summed E-state index contributed by atoms with van der Waals surface area (Å²) < 4.78 is 10.7. The second-order valence-corrected chi connectivity index (χ2v) is 7.93. The van der Waals surface area contributed by atoms with Gasteiger partial charge >= 0.3 is 11.9 Å². The van der Waals surface area contributed by atoms with E-state index in [4.69, 9.17) is 20.3 Å². The molecule has 0 saturated carbocycles. The molecule has 1 rings (SSSR count). The minimum atomic E-state index is -1.55. The molecule has 14 nitrogen and oxygen atoms in total. The maximum absolute atomic E-state index is 13.0. The number of carbonyl (C=O) groups is 4. The SMILES string of the molecule is CC(=O)N[C@@H](C)C(=O)N(CC(C)O[C@@H]1[C@@H](N)[C@@H](O)O[C@H](CO)[C@H]1O)[C@H](CCC(=O)O)C(=O)O. The van der Waals surface area contributed by atoms with Gasteiger partial charge in [-0.25, -0.2) is 4.79 Å². The van der Waals surface area contributed by atoms with E-state index in [1.807, 2.05) is 0 Å². The van der Waals surface area contributed by atoms with Crippen LogP contribution in [0.25, 0.3) is 0 Å². The van der Waals surface area contributed by atoms with Gasteiger partial charge in [-0.3, -0.25) is 14.4 Å². The summed E-state index contributed by atoms with van der Waals surface area (Å²) in [6.07, 6.45) is -7.28. The van der Waals surface area contributed by atoms with Gasteiger partial charge in [0, 0.05) is 19.9 Å². The summed E-state index contributed by atoms with van der Waals surface area (Å²) in [7, 11) is 0. The summed E-state index contributed by atoms with van der Waals surface area (Å²) >= 11 is 0. The molecule has 2 amide bonds. The van der Waals surface area contributed by atoms with Gasteiger partial charge in [-0.05, 0) is 20.3 Å². The summed E-state index contributed by atoms with van der Waals surface area (Å²) in [6.45, 7) is 2.98. The zero-order chi connectivity index (χ0) is 25.5. The maximum Gasteiger partial charge on any atom is 0.326 e. The van der Waals surface area contributed by atoms with E-state index in [1.165, 1.54) is 20.8 Å². The van der Waals surface area contributed by atoms with Crippen molar-refractivity contribution in [2.24, 2.45) is 5.73 Å². The Kier molecular flexibility index (Phi) is 11.1. The molecule has 0 aromatic heterocycles. The first kappa shape index (κ1) is 28.7. The summed E-state index contributed by atoms with van der Waals surface area (Å²) in [5.74, 6) is -4.03. The number of nitrogens with zero attached hydrogens (tertiary/aromatic N) is 1. The molecule has 1 saturated heterocycles. The molecule has 1 aliphatic heterocycles. The summed E-state index contributed by atoms with van der Waals surface area (Å²) in [5, 5.41) is 50.5. The van der Waals surface area contributed by atoms with E-state index in [0.717, 1.165) is 4.90 Å². The Morgan fingerprint density at radius 3 is 2.27 bits per heavy atom. The van der Waals surface area contributed by atoms with Gasteiger partial charge in [0.1, 0.15) is 30.4 Å². The monoisotopic (exact) mass is 479 g/mol. The summed E-state index contributed by atoms with van der Waals surface area (Å²) in [6, 6.07) is -3.87. The van der Waals surface area contributed by atoms with Crippen molar-refractivity contribution in [2.75, 3.05) is 13.2 Å². The summed E-state index contributed by atoms with van der Waals surface area (Å²) in [5.41, 5.74) is 5.83. The third-order valence-electron chi connectivity index (χ3n) is 5.13. The molecule has 0 radical (unpaired) electrons. The number of nitrogens with one attached hydrogen (secondary N) is 1. The number of hydrogen-bond donors (Lipinski definition) is 7. The van der Waals surface area contributed by atoms with E-state index in [2.05, 4.69) is 5.32 Å². The van der Waals surface area contributed by atoms with Gasteiger partial charge in [-0.2, -0.15) is 0 Å². The molecule has 0 bridgehead atoms. The van der Waals surface area contributed by atoms with Gasteiger partial charge in [-0.15, -0.1) is 0 Å². The van der Waals surface area contributed by atoms with Gasteiger partial charge in [-0.1, -0.05) is 0 Å². The Balaban J connectivity index is 3.11. The number of aliphatic hydroxyl groups excluding tert-OH is 3. The number of aliphatic carboxylic acids is 2. The minimum Gasteiger partial charge on any atom is -0.481 e. The maximum atomic E-state index is 13.0. The number of hydrogen-bond acceptors (Lipinski definition) is 10. The van der Waals surface area contributed by atoms with Crippen LogP contribution < -0.4 is 11.1 Å². The van der Waals surface area contributed by atoms with Crippen molar-refractivity contribution in [3.63, 3.8) is 0 Å². The van der Waals surface area contributed by atoms with E-state index in [-0.39, 0.29) is 6.54 Å². The molecule has 1 unspecified atom stereocenters. The third-order valence-corrected chi connectivity index (χ3v) is 5.13. The van der Waals surface area contributed by atoms with Crippen molar-refractivity contribution in [1.82, 2.24) is 10.2 Å². The Hall–Kier alpha value is -2.36. The highest BCUT2D eigenvalue weighted by molar-refractivity contribution is 5.90. The van der Waals surface area contributed by atoms with Crippen LogP contribution in [0, 0.1) is 0 Å². The van der Waals surface area contributed by atoms with Crippen LogP contribution in [0.5, 0.6) is 0 Å². The van der Waals surface area contributed by atoms with Crippen LogP contribution in [-0.4, -0.2) is 116 Å². The number of ether oxygens (including phenoxy) is 2. The molecule has 1 heterocycles. The Labute approximate surface area is 190 Å². The van der Waals surface area contributed by atoms with Crippen molar-refractivity contribution in [2.45, 2.75) is 82.4 Å². The number of aliphatic hydroxyl groups is 3. The van der Waals surface area contributed by atoms with Crippen LogP contribution in [0.1, 0.15) is 33.6 Å². The Morgan fingerprint density at radius 1 is 1.18 bits per heavy atom. The molecule has 0 aromatic carbocycles. The molecule has 0 spiro atoms. The lowest BCUT2D eigenvalue weighted by atomic mass is 9.97. The Bertz CT molecular complexity index is 706. The van der Waals surface area contributed by atoms with Gasteiger partial charge in [0.15, 0.2) is 6.29 Å². The van der Waals surface area contributed by atoms with Crippen molar-refractivity contribution in [3.8, 4) is 0 Å². The van der Waals surface area contributed by atoms with Crippen molar-refractivity contribution in [1.29, 1.82) is 0 Å². The Morgan fingerprint density at radius 2 is 1.79 bits per heavy atom. The van der Waals surface area contributed by atoms with E-state index in [0.29, 0.717) is 0 Å². The van der Waals surface area contributed by atoms with E-state index >= 15 is 0 Å². The molecule has 33 heavy (non-hydrogen) atoms. The lowest BCUT2D eigenvalue weighted by Gasteiger charge is -2.42. The number of rotatable bonds is 12. The van der Waals surface area contributed by atoms with Crippen molar-refractivity contribution in [3.05, 3.63) is 0 Å². The highest BCUT2D eigenvalue weighted by Crippen LogP contribution is 2.23.